The Morgan fingerprint density at radius 2 is 1.65 bits per heavy atom. The molecule has 0 saturated heterocycles. The second-order valence-corrected chi connectivity index (χ2v) is 4.04. The van der Waals surface area contributed by atoms with Crippen molar-refractivity contribution in [2.24, 2.45) is 0 Å². The molecule has 1 aromatic rings. The predicted octanol–water partition coefficient (Wildman–Crippen LogP) is 2.23. The van der Waals surface area contributed by atoms with Gasteiger partial charge >= 0.3 is 12.1 Å². The van der Waals surface area contributed by atoms with Crippen LogP contribution in [-0.4, -0.2) is 23.7 Å². The smallest absolute Gasteiger partial charge is 0.457 e. The molecule has 0 fully saturated rings. The summed E-state index contributed by atoms with van der Waals surface area (Å²) in [6.07, 6.45) is -2.34. The van der Waals surface area contributed by atoms with Crippen LogP contribution < -0.4 is 4.99 Å². The topological polar surface area (TPSA) is 34.2 Å². The zero-order valence-electron chi connectivity index (χ0n) is 11.5. The van der Waals surface area contributed by atoms with Gasteiger partial charge in [0.1, 0.15) is 6.54 Å². The molecule has 0 aliphatic rings. The summed E-state index contributed by atoms with van der Waals surface area (Å²) in [6, 6.07) is 7.66. The van der Waals surface area contributed by atoms with E-state index in [-0.39, 0.29) is 34.4 Å². The van der Waals surface area contributed by atoms with Crippen molar-refractivity contribution >= 4 is 5.90 Å². The summed E-state index contributed by atoms with van der Waals surface area (Å²) < 4.78 is 36.1. The molecule has 0 radical (unpaired) electrons. The molecule has 2 N–H and O–H groups in total. The fourth-order valence-corrected chi connectivity index (χ4v) is 1.73. The predicted molar refractivity (Wildman–Crippen MR) is 70.1 cm³/mol. The molecule has 2 nitrogen and oxygen atoms in total. The molecule has 0 heterocycles. The summed E-state index contributed by atoms with van der Waals surface area (Å²) in [5, 5.41) is 8.72. The summed E-state index contributed by atoms with van der Waals surface area (Å²) in [5.41, 5.74) is 2.16. The number of hydrogen-bond acceptors (Lipinski definition) is 0. The van der Waals surface area contributed by atoms with Crippen molar-refractivity contribution in [1.82, 2.24) is 0 Å². The molecule has 1 aromatic carbocycles. The maximum absolute atomic E-state index is 12.0. The molecule has 0 aliphatic heterocycles. The largest absolute Gasteiger partial charge is 0.516 e. The van der Waals surface area contributed by atoms with Crippen LogP contribution in [0.3, 0.4) is 0 Å². The third-order valence-electron chi connectivity index (χ3n) is 2.59. The van der Waals surface area contributed by atoms with E-state index in [2.05, 4.69) is 6.92 Å². The van der Waals surface area contributed by atoms with Crippen LogP contribution in [0.4, 0.5) is 13.2 Å². The number of aryl methyl sites for hydroxylation is 1. The maximum atomic E-state index is 12.0. The van der Waals surface area contributed by atoms with Gasteiger partial charge in [-0.1, -0.05) is 37.6 Å². The van der Waals surface area contributed by atoms with Gasteiger partial charge in [0.15, 0.2) is 0 Å². The number of aliphatic hydroxyl groups excluding tert-OH is 1. The van der Waals surface area contributed by atoms with Crippen molar-refractivity contribution in [2.75, 3.05) is 6.54 Å². The van der Waals surface area contributed by atoms with Crippen molar-refractivity contribution in [3.05, 3.63) is 42.8 Å². The standard InChI is InChI=1S/C13H16F3NO.CH3.Pd/c1-2-5-10-6-3-4-7-11(10)8-9-17-12(18)13(14,15)16;;/h3-4,6-7H,2,5,8-9H2,1H3,(H,17,18);1H3;/q;-1;/p+1. The van der Waals surface area contributed by atoms with Crippen LogP contribution in [-0.2, 0) is 33.3 Å². The van der Waals surface area contributed by atoms with Crippen molar-refractivity contribution in [2.45, 2.75) is 32.4 Å². The van der Waals surface area contributed by atoms with Gasteiger partial charge in [-0.25, -0.2) is 4.99 Å². The minimum absolute atomic E-state index is 0. The van der Waals surface area contributed by atoms with E-state index in [4.69, 9.17) is 5.11 Å². The van der Waals surface area contributed by atoms with E-state index in [1.807, 2.05) is 29.3 Å². The van der Waals surface area contributed by atoms with Crippen LogP contribution in [0.5, 0.6) is 0 Å². The van der Waals surface area contributed by atoms with Crippen molar-refractivity contribution in [3.63, 3.8) is 0 Å². The molecule has 20 heavy (non-hydrogen) atoms. The molecule has 1 rings (SSSR count). The number of alkyl halides is 3. The molecule has 0 saturated carbocycles. The van der Waals surface area contributed by atoms with Crippen LogP contribution in [0.2, 0.25) is 0 Å². The van der Waals surface area contributed by atoms with Gasteiger partial charge in [0, 0.05) is 26.8 Å². The number of rotatable bonds is 5. The average molecular weight is 382 g/mol. The first-order valence-electron chi connectivity index (χ1n) is 5.89. The molecule has 0 bridgehead atoms. The molecule has 0 aliphatic carbocycles. The Bertz CT molecular complexity index is 419. The molecule has 118 valence electrons. The second kappa shape index (κ2) is 9.95. The molecule has 0 unspecified atom stereocenters. The van der Waals surface area contributed by atoms with Crippen molar-refractivity contribution in [3.8, 4) is 0 Å². The quantitative estimate of drug-likeness (QED) is 0.349. The fourth-order valence-electron chi connectivity index (χ4n) is 1.73. The molecule has 0 amide bonds. The van der Waals surface area contributed by atoms with Gasteiger partial charge in [0.2, 0.25) is 0 Å². The zero-order chi connectivity index (χ0) is 13.6. The van der Waals surface area contributed by atoms with Crippen LogP contribution in [0.25, 0.3) is 0 Å². The van der Waals surface area contributed by atoms with Crippen LogP contribution in [0.15, 0.2) is 24.3 Å². The number of benzene rings is 1. The number of aliphatic hydroxyl groups is 1. The van der Waals surface area contributed by atoms with Gasteiger partial charge in [-0.05, 0) is 17.5 Å². The number of nitrogens with one attached hydrogen (secondary N) is 1. The van der Waals surface area contributed by atoms with Gasteiger partial charge in [0.05, 0.1) is 0 Å². The summed E-state index contributed by atoms with van der Waals surface area (Å²) >= 11 is 0. The summed E-state index contributed by atoms with van der Waals surface area (Å²) in [6.45, 7) is 2.12. The van der Waals surface area contributed by atoms with Crippen molar-refractivity contribution < 1.29 is 43.7 Å². The third kappa shape index (κ3) is 7.07. The average Bonchev–Trinajstić information content (AvgIpc) is 2.30. The maximum Gasteiger partial charge on any atom is 0.516 e. The monoisotopic (exact) mass is 381 g/mol. The van der Waals surface area contributed by atoms with Gasteiger partial charge in [-0.15, -0.1) is 0 Å². The van der Waals surface area contributed by atoms with E-state index in [1.165, 1.54) is 0 Å². The molecule has 6 heteroatoms. The Morgan fingerprint density at radius 3 is 2.10 bits per heavy atom. The van der Waals surface area contributed by atoms with Crippen molar-refractivity contribution in [1.29, 1.82) is 0 Å². The molecule has 0 aromatic heterocycles. The van der Waals surface area contributed by atoms with E-state index in [0.29, 0.717) is 6.42 Å². The molecular formula is C14H20F3NOPd. The first kappa shape index (κ1) is 21.4. The SMILES string of the molecule is CCCc1ccccc1CC[NH+]=C(O)C(F)(F)F.[CH3-].[Pd]. The van der Waals surface area contributed by atoms with Crippen LogP contribution >= 0.6 is 0 Å². The minimum Gasteiger partial charge on any atom is -0.457 e. The number of halogens is 3. The Balaban J connectivity index is 0. The summed E-state index contributed by atoms with van der Waals surface area (Å²) in [4.78, 5) is 1.99. The number of hydrogen-bond donors (Lipinski definition) is 2. The molecular weight excluding hydrogens is 362 g/mol. The van der Waals surface area contributed by atoms with E-state index in [0.717, 1.165) is 24.0 Å². The molecule has 0 atom stereocenters. The first-order chi connectivity index (χ1) is 8.45. The zero-order valence-corrected chi connectivity index (χ0v) is 13.1. The van der Waals surface area contributed by atoms with E-state index >= 15 is 0 Å². The summed E-state index contributed by atoms with van der Waals surface area (Å²) in [5.74, 6) is -1.63. The van der Waals surface area contributed by atoms with E-state index in [1.54, 1.807) is 0 Å². The van der Waals surface area contributed by atoms with Crippen LogP contribution in [0, 0.1) is 7.43 Å². The van der Waals surface area contributed by atoms with Gasteiger partial charge in [-0.2, -0.15) is 13.2 Å². The Labute approximate surface area is 131 Å². The Hall–Kier alpha value is -0.858. The van der Waals surface area contributed by atoms with Gasteiger partial charge in [-0.3, -0.25) is 0 Å². The van der Waals surface area contributed by atoms with E-state index < -0.39 is 12.1 Å². The van der Waals surface area contributed by atoms with Gasteiger partial charge in [0.25, 0.3) is 0 Å². The van der Waals surface area contributed by atoms with Crippen LogP contribution in [0.1, 0.15) is 24.5 Å². The second-order valence-electron chi connectivity index (χ2n) is 4.04. The Kier molecular flexibility index (Phi) is 10.7. The fraction of sp³-hybridized carbons (Fsp3) is 0.429. The van der Waals surface area contributed by atoms with Gasteiger partial charge < -0.3 is 12.5 Å². The van der Waals surface area contributed by atoms with E-state index in [9.17, 15) is 13.2 Å². The summed E-state index contributed by atoms with van der Waals surface area (Å²) in [7, 11) is 0. The normalized spacial score (nSPS) is 11.5. The first-order valence-corrected chi connectivity index (χ1v) is 5.89. The Morgan fingerprint density at radius 1 is 1.15 bits per heavy atom. The third-order valence-corrected chi connectivity index (χ3v) is 2.59. The minimum atomic E-state index is -4.69. The molecule has 0 spiro atoms.